The number of nitrogens with one attached hydrogen (secondary N) is 1. The van der Waals surface area contributed by atoms with Crippen LogP contribution >= 0.6 is 0 Å². The molecule has 1 heterocycles. The van der Waals surface area contributed by atoms with Gasteiger partial charge in [0.2, 0.25) is 0 Å². The van der Waals surface area contributed by atoms with Crippen molar-refractivity contribution in [3.8, 4) is 0 Å². The molecule has 0 saturated heterocycles. The summed E-state index contributed by atoms with van der Waals surface area (Å²) < 4.78 is 2.38. The second-order valence-electron chi connectivity index (χ2n) is 3.75. The molecule has 0 unspecified atom stereocenters. The van der Waals surface area contributed by atoms with Crippen LogP contribution in [0.25, 0.3) is 0 Å². The van der Waals surface area contributed by atoms with Gasteiger partial charge in [0, 0.05) is 7.05 Å². The molecular formula is C10H13N3O2. The van der Waals surface area contributed by atoms with Crippen LogP contribution < -0.4 is 11.4 Å². The zero-order chi connectivity index (χ0) is 11.0. The van der Waals surface area contributed by atoms with Crippen molar-refractivity contribution in [2.24, 2.45) is 13.0 Å². The van der Waals surface area contributed by atoms with E-state index in [1.807, 2.05) is 24.3 Å². The SMILES string of the molecule is CC1C=CC(n2[nH]c(=O)n(C)c2=O)C=C1. The summed E-state index contributed by atoms with van der Waals surface area (Å²) >= 11 is 0. The molecule has 0 amide bonds. The molecule has 0 radical (unpaired) electrons. The van der Waals surface area contributed by atoms with Gasteiger partial charge in [-0.1, -0.05) is 31.2 Å². The van der Waals surface area contributed by atoms with Gasteiger partial charge < -0.3 is 0 Å². The fraction of sp³-hybridized carbons (Fsp3) is 0.400. The van der Waals surface area contributed by atoms with Gasteiger partial charge in [0.1, 0.15) is 0 Å². The lowest BCUT2D eigenvalue weighted by Gasteiger charge is -2.13. The van der Waals surface area contributed by atoms with Crippen LogP contribution in [-0.2, 0) is 7.05 Å². The molecule has 0 spiro atoms. The Bertz CT molecular complexity index is 516. The predicted octanol–water partition coefficient (Wildman–Crippen LogP) is 0.178. The van der Waals surface area contributed by atoms with Crippen LogP contribution in [0.15, 0.2) is 33.9 Å². The fourth-order valence-corrected chi connectivity index (χ4v) is 1.56. The van der Waals surface area contributed by atoms with E-state index in [1.165, 1.54) is 11.7 Å². The number of hydrogen-bond donors (Lipinski definition) is 1. The molecule has 0 atom stereocenters. The van der Waals surface area contributed by atoms with E-state index in [-0.39, 0.29) is 17.4 Å². The van der Waals surface area contributed by atoms with Gasteiger partial charge in [0.05, 0.1) is 6.04 Å². The van der Waals surface area contributed by atoms with Crippen molar-refractivity contribution >= 4 is 0 Å². The number of allylic oxidation sites excluding steroid dienone is 4. The molecule has 15 heavy (non-hydrogen) atoms. The number of aromatic nitrogens is 3. The number of hydrogen-bond acceptors (Lipinski definition) is 2. The van der Waals surface area contributed by atoms with Crippen molar-refractivity contribution in [2.75, 3.05) is 0 Å². The van der Waals surface area contributed by atoms with Crippen LogP contribution in [0.4, 0.5) is 0 Å². The Morgan fingerprint density at radius 1 is 1.20 bits per heavy atom. The topological polar surface area (TPSA) is 59.8 Å². The average Bonchev–Trinajstić information content (AvgIpc) is 2.47. The van der Waals surface area contributed by atoms with Crippen molar-refractivity contribution in [1.82, 2.24) is 14.3 Å². The summed E-state index contributed by atoms with van der Waals surface area (Å²) in [5.74, 6) is 0.382. The summed E-state index contributed by atoms with van der Waals surface area (Å²) in [5, 5.41) is 2.51. The van der Waals surface area contributed by atoms with E-state index in [0.717, 1.165) is 4.57 Å². The molecule has 1 aliphatic rings. The Labute approximate surface area is 86.3 Å². The lowest BCUT2D eigenvalue weighted by atomic mass is 10.0. The minimum atomic E-state index is -0.388. The van der Waals surface area contributed by atoms with Crippen molar-refractivity contribution < 1.29 is 0 Å². The van der Waals surface area contributed by atoms with Crippen LogP contribution in [0.2, 0.25) is 0 Å². The predicted molar refractivity (Wildman–Crippen MR) is 56.8 cm³/mol. The van der Waals surface area contributed by atoms with Gasteiger partial charge in [-0.25, -0.2) is 23.9 Å². The zero-order valence-electron chi connectivity index (χ0n) is 8.68. The first-order valence-corrected chi connectivity index (χ1v) is 4.84. The van der Waals surface area contributed by atoms with E-state index in [9.17, 15) is 9.59 Å². The van der Waals surface area contributed by atoms with Gasteiger partial charge in [-0.05, 0) is 5.92 Å². The first kappa shape index (κ1) is 9.76. The van der Waals surface area contributed by atoms with E-state index >= 15 is 0 Å². The molecule has 2 rings (SSSR count). The highest BCUT2D eigenvalue weighted by atomic mass is 16.2. The van der Waals surface area contributed by atoms with Crippen molar-refractivity contribution in [1.29, 1.82) is 0 Å². The number of rotatable bonds is 1. The molecule has 0 bridgehead atoms. The molecule has 5 heteroatoms. The third-order valence-electron chi connectivity index (χ3n) is 2.54. The maximum atomic E-state index is 11.6. The maximum absolute atomic E-state index is 11.6. The summed E-state index contributed by atoms with van der Waals surface area (Å²) in [7, 11) is 1.45. The standard InChI is InChI=1S/C10H13N3O2/c1-7-3-5-8(6-4-7)13-10(15)12(2)9(14)11-13/h3-8H,1-2H3,(H,11,14). The molecule has 1 N–H and O–H groups in total. The Balaban J connectivity index is 2.44. The largest absolute Gasteiger partial charge is 0.347 e. The minimum absolute atomic E-state index is 0.178. The van der Waals surface area contributed by atoms with Gasteiger partial charge in [-0.2, -0.15) is 0 Å². The zero-order valence-corrected chi connectivity index (χ0v) is 8.68. The second-order valence-corrected chi connectivity index (χ2v) is 3.75. The van der Waals surface area contributed by atoms with Crippen LogP contribution in [-0.4, -0.2) is 14.3 Å². The van der Waals surface area contributed by atoms with E-state index in [1.54, 1.807) is 0 Å². The fourth-order valence-electron chi connectivity index (χ4n) is 1.56. The summed E-state index contributed by atoms with van der Waals surface area (Å²) in [6, 6.07) is -0.178. The Morgan fingerprint density at radius 3 is 2.27 bits per heavy atom. The van der Waals surface area contributed by atoms with Gasteiger partial charge in [0.15, 0.2) is 0 Å². The number of H-pyrrole nitrogens is 1. The highest BCUT2D eigenvalue weighted by Crippen LogP contribution is 2.15. The van der Waals surface area contributed by atoms with Gasteiger partial charge in [0.25, 0.3) is 0 Å². The number of aromatic amines is 1. The minimum Gasteiger partial charge on any atom is -0.246 e. The molecule has 1 aromatic heterocycles. The molecule has 0 saturated carbocycles. The van der Waals surface area contributed by atoms with Crippen molar-refractivity contribution in [3.05, 3.63) is 45.3 Å². The van der Waals surface area contributed by atoms with Crippen molar-refractivity contribution in [3.63, 3.8) is 0 Å². The van der Waals surface area contributed by atoms with Crippen molar-refractivity contribution in [2.45, 2.75) is 13.0 Å². The summed E-state index contributed by atoms with van der Waals surface area (Å²) in [6.45, 7) is 2.06. The first-order valence-electron chi connectivity index (χ1n) is 4.84. The molecule has 5 nitrogen and oxygen atoms in total. The average molecular weight is 207 g/mol. The van der Waals surface area contributed by atoms with Gasteiger partial charge >= 0.3 is 11.4 Å². The molecular weight excluding hydrogens is 194 g/mol. The van der Waals surface area contributed by atoms with Crippen LogP contribution in [0.5, 0.6) is 0 Å². The van der Waals surface area contributed by atoms with E-state index in [0.29, 0.717) is 5.92 Å². The van der Waals surface area contributed by atoms with E-state index < -0.39 is 0 Å². The Hall–Kier alpha value is -1.78. The third-order valence-corrected chi connectivity index (χ3v) is 2.54. The molecule has 1 aromatic rings. The van der Waals surface area contributed by atoms with Crippen LogP contribution in [0.1, 0.15) is 13.0 Å². The molecule has 80 valence electrons. The number of nitrogens with zero attached hydrogens (tertiary/aromatic N) is 2. The molecule has 0 fully saturated rings. The molecule has 0 aromatic carbocycles. The Kier molecular flexibility index (Phi) is 2.22. The van der Waals surface area contributed by atoms with Crippen LogP contribution in [0.3, 0.4) is 0 Å². The second kappa shape index (κ2) is 3.42. The first-order chi connectivity index (χ1) is 7.09. The van der Waals surface area contributed by atoms with Gasteiger partial charge in [-0.3, -0.25) is 0 Å². The lowest BCUT2D eigenvalue weighted by molar-refractivity contribution is 0.581. The van der Waals surface area contributed by atoms with E-state index in [2.05, 4.69) is 12.0 Å². The van der Waals surface area contributed by atoms with E-state index in [4.69, 9.17) is 0 Å². The monoisotopic (exact) mass is 207 g/mol. The highest BCUT2D eigenvalue weighted by molar-refractivity contribution is 5.14. The maximum Gasteiger partial charge on any atom is 0.347 e. The summed E-state index contributed by atoms with van der Waals surface area (Å²) in [6.07, 6.45) is 7.81. The highest BCUT2D eigenvalue weighted by Gasteiger charge is 2.13. The van der Waals surface area contributed by atoms with Crippen LogP contribution in [0, 0.1) is 5.92 Å². The normalized spacial score (nSPS) is 24.7. The lowest BCUT2D eigenvalue weighted by Crippen LogP contribution is -2.27. The Morgan fingerprint density at radius 2 is 1.80 bits per heavy atom. The quantitative estimate of drug-likeness (QED) is 0.668. The molecule has 1 aliphatic carbocycles. The summed E-state index contributed by atoms with van der Waals surface area (Å²) in [5.41, 5.74) is -0.714. The molecule has 0 aliphatic heterocycles. The third kappa shape index (κ3) is 1.60. The van der Waals surface area contributed by atoms with Gasteiger partial charge in [-0.15, -0.1) is 0 Å². The smallest absolute Gasteiger partial charge is 0.246 e. The summed E-state index contributed by atoms with van der Waals surface area (Å²) in [4.78, 5) is 22.8.